The van der Waals surface area contributed by atoms with Gasteiger partial charge in [0.05, 0.1) is 12.1 Å². The molecule has 1 heterocycles. The number of hydrogen-bond acceptors (Lipinski definition) is 3. The molecule has 1 amide bonds. The molecule has 1 aromatic rings. The molecule has 1 saturated heterocycles. The molecule has 5 nitrogen and oxygen atoms in total. The van der Waals surface area contributed by atoms with Crippen LogP contribution in [0, 0.1) is 5.92 Å². The van der Waals surface area contributed by atoms with Crippen molar-refractivity contribution in [3.63, 3.8) is 0 Å². The number of nitrogens with zero attached hydrogens (tertiary/aromatic N) is 1. The van der Waals surface area contributed by atoms with Crippen molar-refractivity contribution in [2.75, 3.05) is 11.9 Å². The lowest BCUT2D eigenvalue weighted by Gasteiger charge is -2.32. The van der Waals surface area contributed by atoms with E-state index >= 15 is 0 Å². The van der Waals surface area contributed by atoms with Crippen LogP contribution in [0.1, 0.15) is 37.7 Å². The largest absolute Gasteiger partial charge is 0.480 e. The van der Waals surface area contributed by atoms with E-state index in [4.69, 9.17) is 0 Å². The normalized spacial score (nSPS) is 26.3. The van der Waals surface area contributed by atoms with Crippen molar-refractivity contribution in [2.24, 2.45) is 5.92 Å². The minimum absolute atomic E-state index is 0.0703. The van der Waals surface area contributed by atoms with E-state index < -0.39 is 29.7 Å². The Bertz CT molecular complexity index is 675. The van der Waals surface area contributed by atoms with Gasteiger partial charge in [-0.15, -0.1) is 0 Å². The van der Waals surface area contributed by atoms with Gasteiger partial charge in [0.2, 0.25) is 5.91 Å². The summed E-state index contributed by atoms with van der Waals surface area (Å²) in [7, 11) is 0. The van der Waals surface area contributed by atoms with Crippen LogP contribution in [0.5, 0.6) is 0 Å². The van der Waals surface area contributed by atoms with Crippen molar-refractivity contribution in [1.82, 2.24) is 4.90 Å². The zero-order valence-corrected chi connectivity index (χ0v) is 14.1. The zero-order chi connectivity index (χ0) is 18.9. The minimum Gasteiger partial charge on any atom is -0.480 e. The van der Waals surface area contributed by atoms with Crippen molar-refractivity contribution in [3.05, 3.63) is 29.8 Å². The number of aliphatic carboxylic acids is 1. The number of carboxylic acid groups (broad SMARTS) is 1. The highest BCUT2D eigenvalue weighted by Gasteiger charge is 2.45. The Morgan fingerprint density at radius 1 is 1.15 bits per heavy atom. The Labute approximate surface area is 149 Å². The van der Waals surface area contributed by atoms with Crippen LogP contribution in [-0.4, -0.2) is 40.5 Å². The molecule has 0 bridgehead atoms. The van der Waals surface area contributed by atoms with E-state index in [2.05, 4.69) is 5.32 Å². The quantitative estimate of drug-likeness (QED) is 0.853. The Hall–Kier alpha value is -2.09. The number of likely N-dealkylation sites (tertiary alicyclic amines) is 1. The maximum Gasteiger partial charge on any atom is 0.416 e. The summed E-state index contributed by atoms with van der Waals surface area (Å²) in [5.74, 6) is -1.05. The lowest BCUT2D eigenvalue weighted by Crippen LogP contribution is -2.46. The number of carbonyl (C=O) groups excluding carboxylic acids is 1. The molecule has 26 heavy (non-hydrogen) atoms. The summed E-state index contributed by atoms with van der Waals surface area (Å²) >= 11 is 0. The molecule has 1 aromatic carbocycles. The van der Waals surface area contributed by atoms with Crippen LogP contribution in [0.4, 0.5) is 18.9 Å². The smallest absolute Gasteiger partial charge is 0.416 e. The lowest BCUT2D eigenvalue weighted by molar-refractivity contribution is -0.143. The van der Waals surface area contributed by atoms with Gasteiger partial charge in [-0.1, -0.05) is 12.8 Å². The van der Waals surface area contributed by atoms with Crippen LogP contribution in [0.2, 0.25) is 0 Å². The number of hydrogen-bond donors (Lipinski definition) is 2. The van der Waals surface area contributed by atoms with Gasteiger partial charge < -0.3 is 10.4 Å². The molecule has 3 rings (SSSR count). The molecule has 2 N–H and O–H groups in total. The molecule has 0 spiro atoms. The van der Waals surface area contributed by atoms with E-state index in [-0.39, 0.29) is 18.3 Å². The summed E-state index contributed by atoms with van der Waals surface area (Å²) in [4.78, 5) is 25.6. The number of benzene rings is 1. The average molecular weight is 370 g/mol. The third-order valence-corrected chi connectivity index (χ3v) is 5.33. The fraction of sp³-hybridized carbons (Fsp3) is 0.556. The molecule has 1 saturated carbocycles. The van der Waals surface area contributed by atoms with E-state index in [0.29, 0.717) is 12.3 Å². The zero-order valence-electron chi connectivity index (χ0n) is 14.1. The molecule has 1 aliphatic heterocycles. The molecular formula is C18H21F3N2O3. The van der Waals surface area contributed by atoms with Crippen LogP contribution in [0.3, 0.4) is 0 Å². The third kappa shape index (κ3) is 4.00. The Morgan fingerprint density at radius 2 is 1.81 bits per heavy atom. The number of carbonyl (C=O) groups is 2. The van der Waals surface area contributed by atoms with Gasteiger partial charge in [0.1, 0.15) is 6.04 Å². The van der Waals surface area contributed by atoms with E-state index in [0.717, 1.165) is 37.8 Å². The minimum atomic E-state index is -4.43. The molecule has 1 aliphatic carbocycles. The van der Waals surface area contributed by atoms with Gasteiger partial charge in [-0.05, 0) is 49.4 Å². The summed E-state index contributed by atoms with van der Waals surface area (Å²) in [6, 6.07) is 3.61. The molecule has 3 unspecified atom stereocenters. The van der Waals surface area contributed by atoms with E-state index in [9.17, 15) is 27.9 Å². The summed E-state index contributed by atoms with van der Waals surface area (Å²) in [5, 5.41) is 12.0. The molecule has 0 aromatic heterocycles. The van der Waals surface area contributed by atoms with Crippen LogP contribution >= 0.6 is 0 Å². The molecule has 8 heteroatoms. The molecule has 142 valence electrons. The number of amides is 1. The van der Waals surface area contributed by atoms with Gasteiger partial charge >= 0.3 is 12.1 Å². The van der Waals surface area contributed by atoms with Crippen LogP contribution in [0.25, 0.3) is 0 Å². The first kappa shape index (κ1) is 18.7. The second kappa shape index (κ2) is 7.26. The highest BCUT2D eigenvalue weighted by atomic mass is 19.4. The molecular weight excluding hydrogens is 349 g/mol. The predicted molar refractivity (Wildman–Crippen MR) is 88.6 cm³/mol. The first-order valence-electron chi connectivity index (χ1n) is 8.71. The van der Waals surface area contributed by atoms with E-state index in [1.165, 1.54) is 12.1 Å². The second-order valence-electron chi connectivity index (χ2n) is 7.00. The fourth-order valence-corrected chi connectivity index (χ4v) is 4.13. The van der Waals surface area contributed by atoms with Crippen molar-refractivity contribution in [3.8, 4) is 0 Å². The highest BCUT2D eigenvalue weighted by Crippen LogP contribution is 2.39. The molecule has 2 fully saturated rings. The SMILES string of the molecule is O=C(CN1C(C(=O)O)CC2CCCCC21)Nc1ccc(C(F)(F)F)cc1. The Morgan fingerprint density at radius 3 is 2.42 bits per heavy atom. The van der Waals surface area contributed by atoms with Gasteiger partial charge in [0.15, 0.2) is 0 Å². The Kier molecular flexibility index (Phi) is 5.22. The molecule has 0 radical (unpaired) electrons. The highest BCUT2D eigenvalue weighted by molar-refractivity contribution is 5.92. The van der Waals surface area contributed by atoms with Crippen LogP contribution in [-0.2, 0) is 15.8 Å². The lowest BCUT2D eigenvalue weighted by atomic mass is 9.85. The fourth-order valence-electron chi connectivity index (χ4n) is 4.13. The van der Waals surface area contributed by atoms with Gasteiger partial charge in [-0.3, -0.25) is 14.5 Å². The first-order valence-corrected chi connectivity index (χ1v) is 8.71. The van der Waals surface area contributed by atoms with Crippen LogP contribution in [0.15, 0.2) is 24.3 Å². The van der Waals surface area contributed by atoms with Gasteiger partial charge in [0, 0.05) is 11.7 Å². The van der Waals surface area contributed by atoms with Crippen molar-refractivity contribution in [2.45, 2.75) is 50.4 Å². The van der Waals surface area contributed by atoms with Crippen molar-refractivity contribution >= 4 is 17.6 Å². The molecule has 2 aliphatic rings. The number of fused-ring (bicyclic) bond motifs is 1. The number of alkyl halides is 3. The number of halogens is 3. The topological polar surface area (TPSA) is 69.6 Å². The van der Waals surface area contributed by atoms with Crippen molar-refractivity contribution < 1.29 is 27.9 Å². The average Bonchev–Trinajstić information content (AvgIpc) is 2.93. The van der Waals surface area contributed by atoms with Crippen molar-refractivity contribution in [1.29, 1.82) is 0 Å². The first-order chi connectivity index (χ1) is 12.3. The number of anilines is 1. The summed E-state index contributed by atoms with van der Waals surface area (Å²) in [6.07, 6.45) is 0.0768. The standard InChI is InChI=1S/C18H21F3N2O3/c19-18(20,21)12-5-7-13(8-6-12)22-16(24)10-23-14-4-2-1-3-11(14)9-15(23)17(25)26/h5-8,11,14-15H,1-4,9-10H2,(H,22,24)(H,25,26). The van der Waals surface area contributed by atoms with Crippen LogP contribution < -0.4 is 5.32 Å². The summed E-state index contributed by atoms with van der Waals surface area (Å²) in [5.41, 5.74) is -0.528. The summed E-state index contributed by atoms with van der Waals surface area (Å²) < 4.78 is 37.7. The molecule has 3 atom stereocenters. The monoisotopic (exact) mass is 370 g/mol. The number of rotatable bonds is 4. The van der Waals surface area contributed by atoms with E-state index in [1.54, 1.807) is 4.90 Å². The second-order valence-corrected chi connectivity index (χ2v) is 7.00. The Balaban J connectivity index is 1.65. The predicted octanol–water partition coefficient (Wildman–Crippen LogP) is 3.36. The summed E-state index contributed by atoms with van der Waals surface area (Å²) in [6.45, 7) is -0.0703. The van der Waals surface area contributed by atoms with Gasteiger partial charge in [-0.25, -0.2) is 0 Å². The van der Waals surface area contributed by atoms with Gasteiger partial charge in [-0.2, -0.15) is 13.2 Å². The number of carboxylic acids is 1. The maximum absolute atomic E-state index is 12.6. The van der Waals surface area contributed by atoms with E-state index in [1.807, 2.05) is 0 Å². The van der Waals surface area contributed by atoms with Gasteiger partial charge in [0.25, 0.3) is 0 Å². The maximum atomic E-state index is 12.6. The third-order valence-electron chi connectivity index (χ3n) is 5.33. The number of nitrogens with one attached hydrogen (secondary N) is 1.